The van der Waals surface area contributed by atoms with E-state index < -0.39 is 17.4 Å². The molecule has 2 aliphatic carbocycles. The van der Waals surface area contributed by atoms with Crippen molar-refractivity contribution in [1.29, 1.82) is 0 Å². The van der Waals surface area contributed by atoms with E-state index in [4.69, 9.17) is 0 Å². The molecule has 2 atom stereocenters. The predicted molar refractivity (Wildman–Crippen MR) is 137 cm³/mol. The van der Waals surface area contributed by atoms with Crippen LogP contribution in [0.25, 0.3) is 5.57 Å². The van der Waals surface area contributed by atoms with Gasteiger partial charge in [-0.25, -0.2) is 0 Å². The number of benzene rings is 2. The maximum absolute atomic E-state index is 3.35. The van der Waals surface area contributed by atoms with Gasteiger partial charge in [0.05, 0.1) is 0 Å². The van der Waals surface area contributed by atoms with Gasteiger partial charge in [-0.2, -0.15) is 0 Å². The van der Waals surface area contributed by atoms with E-state index >= 15 is 0 Å². The molecular weight excluding hydrogens is 468 g/mol. The molecule has 0 saturated heterocycles. The van der Waals surface area contributed by atoms with Crippen molar-refractivity contribution in [2.24, 2.45) is 5.92 Å². The van der Waals surface area contributed by atoms with Gasteiger partial charge in [-0.05, 0) is 0 Å². The number of aryl methyl sites for hydroxylation is 2. The Hall–Kier alpha value is -1.24. The second-order valence-corrected chi connectivity index (χ2v) is 40.8. The first kappa shape index (κ1) is 22.9. The molecule has 0 spiro atoms. The first-order valence-electron chi connectivity index (χ1n) is 11.7. The molecule has 2 aromatic carbocycles. The summed E-state index contributed by atoms with van der Waals surface area (Å²) in [7, 11) is 0. The van der Waals surface area contributed by atoms with Gasteiger partial charge < -0.3 is 0 Å². The second-order valence-electron chi connectivity index (χ2n) is 11.3. The van der Waals surface area contributed by atoms with Crippen LogP contribution in [0.5, 0.6) is 0 Å². The van der Waals surface area contributed by atoms with E-state index in [1.54, 1.807) is 22.3 Å². The standard InChI is InChI=1S/C18H17.C9H13.2CH3.H2Si.Zr/c1-12-10-13(2)14(3)18(11-12)17-9-8-15-6-4-5-7-16(15)17;1-6-5-7(2)9(4)8(6)3;;;;/h4-11H,1-3H3;6H,1-4H3;2*1H3;1H2;. The van der Waals surface area contributed by atoms with Gasteiger partial charge in [0.15, 0.2) is 0 Å². The average molecular weight is 506 g/mol. The Balaban J connectivity index is 1.98. The van der Waals surface area contributed by atoms with Gasteiger partial charge >= 0.3 is 193 Å². The number of hydrogen-bond acceptors (Lipinski definition) is 0. The van der Waals surface area contributed by atoms with E-state index in [9.17, 15) is 0 Å². The third-order valence-electron chi connectivity index (χ3n) is 8.54. The van der Waals surface area contributed by atoms with Gasteiger partial charge in [0.1, 0.15) is 0 Å². The summed E-state index contributed by atoms with van der Waals surface area (Å²) in [5.74, 6) is 0.589. The van der Waals surface area contributed by atoms with Crippen LogP contribution in [0.2, 0.25) is 9.26 Å². The van der Waals surface area contributed by atoms with Crippen LogP contribution in [0.4, 0.5) is 0 Å². The van der Waals surface area contributed by atoms with Gasteiger partial charge in [-0.15, -0.1) is 0 Å². The van der Waals surface area contributed by atoms with E-state index in [1.165, 1.54) is 33.4 Å². The average Bonchev–Trinajstić information content (AvgIpc) is 3.17. The zero-order valence-electron chi connectivity index (χ0n) is 20.9. The molecule has 0 aliphatic heterocycles. The molecule has 0 heterocycles. The number of rotatable bonds is 3. The fourth-order valence-electron chi connectivity index (χ4n) is 6.54. The van der Waals surface area contributed by atoms with Crippen molar-refractivity contribution in [3.05, 3.63) is 95.9 Å². The summed E-state index contributed by atoms with van der Waals surface area (Å²) in [6.45, 7) is 18.7. The molecule has 2 unspecified atom stereocenters. The zero-order chi connectivity index (χ0) is 22.9. The SMILES string of the molecule is CC1=C(C)C(C)[C]([Zr]([CH3])([CH3])(=[SiH2])[CH]2C=C(c3cc(C)cc(C)c3C)c3ccccc32)=C1C. The first-order chi connectivity index (χ1) is 14.3. The molecule has 31 heavy (non-hydrogen) atoms. The summed E-state index contributed by atoms with van der Waals surface area (Å²) >= 11 is -3.35. The number of fused-ring (bicyclic) bond motifs is 1. The van der Waals surface area contributed by atoms with Crippen LogP contribution in [0, 0.1) is 26.7 Å². The summed E-state index contributed by atoms with van der Waals surface area (Å²) in [5, 5.41) is 0. The van der Waals surface area contributed by atoms with Crippen molar-refractivity contribution in [2.75, 3.05) is 0 Å². The van der Waals surface area contributed by atoms with Crippen LogP contribution >= 0.6 is 0 Å². The third kappa shape index (κ3) is 3.41. The summed E-state index contributed by atoms with van der Waals surface area (Å²) in [5.41, 5.74) is 14.8. The van der Waals surface area contributed by atoms with Crippen molar-refractivity contribution in [3.8, 4) is 0 Å². The van der Waals surface area contributed by atoms with Crippen LogP contribution < -0.4 is 0 Å². The summed E-state index contributed by atoms with van der Waals surface area (Å²) in [4.78, 5) is 0. The molecule has 0 nitrogen and oxygen atoms in total. The minimum atomic E-state index is -3.35. The molecule has 0 amide bonds. The molecule has 4 rings (SSSR count). The predicted octanol–water partition coefficient (Wildman–Crippen LogP) is 7.69. The van der Waals surface area contributed by atoms with E-state index in [0.29, 0.717) is 9.54 Å². The Bertz CT molecular complexity index is 1280. The van der Waals surface area contributed by atoms with Crippen molar-refractivity contribution in [2.45, 2.75) is 61.4 Å². The molecule has 2 aromatic rings. The molecule has 0 fully saturated rings. The number of hydrogen-bond donors (Lipinski definition) is 0. The summed E-state index contributed by atoms with van der Waals surface area (Å²) in [6, 6.07) is 14.0. The molecule has 162 valence electrons. The molecule has 0 aromatic heterocycles. The first-order valence-corrected chi connectivity index (χ1v) is 25.2. The molecular formula is C29H38SiZr. The Kier molecular flexibility index (Phi) is 5.47. The summed E-state index contributed by atoms with van der Waals surface area (Å²) in [6.07, 6.45) is 2.68. The van der Waals surface area contributed by atoms with Crippen molar-refractivity contribution < 1.29 is 17.4 Å². The Morgan fingerprint density at radius 1 is 0.839 bits per heavy atom. The molecule has 0 saturated carbocycles. The Morgan fingerprint density at radius 2 is 1.48 bits per heavy atom. The van der Waals surface area contributed by atoms with Gasteiger partial charge in [-0.3, -0.25) is 0 Å². The molecule has 0 N–H and O–H groups in total. The quantitative estimate of drug-likeness (QED) is 0.375. The Labute approximate surface area is 192 Å². The van der Waals surface area contributed by atoms with Crippen LogP contribution in [0.1, 0.15) is 64.7 Å². The Morgan fingerprint density at radius 3 is 2.10 bits per heavy atom. The van der Waals surface area contributed by atoms with E-state index in [-0.39, 0.29) is 0 Å². The fraction of sp³-hybridized carbons (Fsp3) is 0.379. The molecule has 0 radical (unpaired) electrons. The molecule has 0 bridgehead atoms. The normalized spacial score (nSPS) is 21.7. The molecule has 2 aliphatic rings. The number of allylic oxidation sites excluding steroid dienone is 5. The van der Waals surface area contributed by atoms with Crippen molar-refractivity contribution >= 4 is 12.5 Å². The van der Waals surface area contributed by atoms with Crippen LogP contribution in [-0.2, 0) is 17.4 Å². The monoisotopic (exact) mass is 504 g/mol. The van der Waals surface area contributed by atoms with E-state index in [2.05, 4.69) is 107 Å². The second kappa shape index (κ2) is 7.39. The third-order valence-corrected chi connectivity index (χ3v) is 25.8. The van der Waals surface area contributed by atoms with Gasteiger partial charge in [0.2, 0.25) is 0 Å². The van der Waals surface area contributed by atoms with Crippen molar-refractivity contribution in [3.63, 3.8) is 0 Å². The van der Waals surface area contributed by atoms with E-state index in [0.717, 1.165) is 0 Å². The van der Waals surface area contributed by atoms with Gasteiger partial charge in [-0.1, -0.05) is 0 Å². The fourth-order valence-corrected chi connectivity index (χ4v) is 25.1. The van der Waals surface area contributed by atoms with Gasteiger partial charge in [0.25, 0.3) is 0 Å². The zero-order valence-corrected chi connectivity index (χ0v) is 24.8. The van der Waals surface area contributed by atoms with Crippen molar-refractivity contribution in [1.82, 2.24) is 0 Å². The summed E-state index contributed by atoms with van der Waals surface area (Å²) < 4.78 is 7.79. The maximum atomic E-state index is 2.70. The van der Waals surface area contributed by atoms with Crippen LogP contribution in [-0.4, -0.2) is 6.88 Å². The topological polar surface area (TPSA) is 0 Å². The van der Waals surface area contributed by atoms with Gasteiger partial charge in [0, 0.05) is 0 Å². The van der Waals surface area contributed by atoms with Crippen LogP contribution in [0.3, 0.4) is 0 Å². The minimum absolute atomic E-state index is 0.553. The molecule has 2 heteroatoms. The van der Waals surface area contributed by atoms with Crippen LogP contribution in [0.15, 0.2) is 62.5 Å². The van der Waals surface area contributed by atoms with E-state index in [1.807, 2.05) is 3.28 Å².